The molecule has 2 heterocycles. The Balaban J connectivity index is 1.57. The lowest BCUT2D eigenvalue weighted by molar-refractivity contribution is -0.373. The van der Waals surface area contributed by atoms with Gasteiger partial charge in [0.15, 0.2) is 5.79 Å². The minimum atomic E-state index is -1.23. The molecule has 2 aromatic carbocycles. The number of hydrogen-bond acceptors (Lipinski definition) is 6. The van der Waals surface area contributed by atoms with Crippen molar-refractivity contribution in [3.8, 4) is 5.75 Å². The third-order valence-electron chi connectivity index (χ3n) is 4.65. The van der Waals surface area contributed by atoms with Gasteiger partial charge in [-0.25, -0.2) is 0 Å². The SMILES string of the molecule is CC1(C)OC[C@@H]2O[C@H](Oc3cccc4ccccc34)[C@H](O)[C@H](O)[C@@H]2O1. The zero-order chi connectivity index (χ0) is 17.6. The summed E-state index contributed by atoms with van der Waals surface area (Å²) in [6.45, 7) is 3.79. The van der Waals surface area contributed by atoms with Crippen molar-refractivity contribution in [2.75, 3.05) is 6.61 Å². The van der Waals surface area contributed by atoms with E-state index in [1.54, 1.807) is 13.8 Å². The molecule has 2 aromatic rings. The zero-order valence-corrected chi connectivity index (χ0v) is 14.2. The molecule has 0 radical (unpaired) electrons. The summed E-state index contributed by atoms with van der Waals surface area (Å²) in [5.74, 6) is -0.236. The number of aliphatic hydroxyl groups excluding tert-OH is 2. The van der Waals surface area contributed by atoms with Crippen LogP contribution in [-0.4, -0.2) is 53.3 Å². The smallest absolute Gasteiger partial charge is 0.229 e. The second-order valence-electron chi connectivity index (χ2n) is 6.91. The van der Waals surface area contributed by atoms with Crippen LogP contribution < -0.4 is 4.74 Å². The van der Waals surface area contributed by atoms with E-state index in [2.05, 4.69) is 0 Å². The summed E-state index contributed by atoms with van der Waals surface area (Å²) < 4.78 is 23.1. The minimum Gasteiger partial charge on any atom is -0.461 e. The Labute approximate surface area is 145 Å². The summed E-state index contributed by atoms with van der Waals surface area (Å²) in [7, 11) is 0. The Kier molecular flexibility index (Phi) is 4.17. The summed E-state index contributed by atoms with van der Waals surface area (Å²) in [5, 5.41) is 22.9. The lowest BCUT2D eigenvalue weighted by Crippen LogP contribution is -2.65. The van der Waals surface area contributed by atoms with E-state index >= 15 is 0 Å². The Morgan fingerprint density at radius 2 is 1.80 bits per heavy atom. The van der Waals surface area contributed by atoms with E-state index in [0.717, 1.165) is 10.8 Å². The van der Waals surface area contributed by atoms with E-state index < -0.39 is 36.5 Å². The molecule has 134 valence electrons. The second-order valence-corrected chi connectivity index (χ2v) is 6.91. The van der Waals surface area contributed by atoms with Crippen LogP contribution in [0, 0.1) is 0 Å². The van der Waals surface area contributed by atoms with Crippen molar-refractivity contribution in [1.82, 2.24) is 0 Å². The van der Waals surface area contributed by atoms with Crippen LogP contribution in [0.5, 0.6) is 5.75 Å². The first kappa shape index (κ1) is 16.8. The summed E-state index contributed by atoms with van der Waals surface area (Å²) >= 11 is 0. The second kappa shape index (κ2) is 6.23. The van der Waals surface area contributed by atoms with Gasteiger partial charge in [-0.1, -0.05) is 36.4 Å². The van der Waals surface area contributed by atoms with Crippen LogP contribution in [0.1, 0.15) is 13.8 Å². The van der Waals surface area contributed by atoms with E-state index in [4.69, 9.17) is 18.9 Å². The molecule has 0 bridgehead atoms. The number of rotatable bonds is 2. The number of benzene rings is 2. The predicted octanol–water partition coefficient (Wildman–Crippen LogP) is 1.82. The third-order valence-corrected chi connectivity index (χ3v) is 4.65. The molecular formula is C19H22O6. The maximum Gasteiger partial charge on any atom is 0.229 e. The van der Waals surface area contributed by atoms with Crippen molar-refractivity contribution in [3.63, 3.8) is 0 Å². The lowest BCUT2D eigenvalue weighted by atomic mass is 9.97. The van der Waals surface area contributed by atoms with Gasteiger partial charge in [0, 0.05) is 5.39 Å². The Morgan fingerprint density at radius 1 is 1.04 bits per heavy atom. The third kappa shape index (κ3) is 3.12. The van der Waals surface area contributed by atoms with E-state index in [0.29, 0.717) is 5.75 Å². The Hall–Kier alpha value is -1.70. The van der Waals surface area contributed by atoms with Crippen molar-refractivity contribution in [2.24, 2.45) is 0 Å². The highest BCUT2D eigenvalue weighted by atomic mass is 16.8. The van der Waals surface area contributed by atoms with Crippen molar-refractivity contribution in [2.45, 2.75) is 50.3 Å². The summed E-state index contributed by atoms with van der Waals surface area (Å²) in [5.41, 5.74) is 0. The van der Waals surface area contributed by atoms with Crippen molar-refractivity contribution >= 4 is 10.8 Å². The first-order chi connectivity index (χ1) is 11.9. The normalized spacial score (nSPS) is 34.5. The monoisotopic (exact) mass is 346 g/mol. The molecule has 0 aliphatic carbocycles. The summed E-state index contributed by atoms with van der Waals surface area (Å²) in [6.07, 6.45) is -4.52. The minimum absolute atomic E-state index is 0.261. The average Bonchev–Trinajstić information content (AvgIpc) is 2.60. The quantitative estimate of drug-likeness (QED) is 0.864. The highest BCUT2D eigenvalue weighted by Gasteiger charge is 2.51. The largest absolute Gasteiger partial charge is 0.461 e. The summed E-state index contributed by atoms with van der Waals surface area (Å²) in [6, 6.07) is 13.5. The Bertz CT molecular complexity index is 753. The average molecular weight is 346 g/mol. The summed E-state index contributed by atoms with van der Waals surface area (Å²) in [4.78, 5) is 0. The van der Waals surface area contributed by atoms with Crippen LogP contribution in [0.15, 0.2) is 42.5 Å². The zero-order valence-electron chi connectivity index (χ0n) is 14.2. The molecule has 0 unspecified atom stereocenters. The van der Waals surface area contributed by atoms with Gasteiger partial charge in [-0.05, 0) is 25.3 Å². The first-order valence-corrected chi connectivity index (χ1v) is 8.42. The fourth-order valence-electron chi connectivity index (χ4n) is 3.35. The topological polar surface area (TPSA) is 77.4 Å². The van der Waals surface area contributed by atoms with Crippen molar-refractivity contribution in [1.29, 1.82) is 0 Å². The van der Waals surface area contributed by atoms with Gasteiger partial charge in [-0.3, -0.25) is 0 Å². The molecule has 6 heteroatoms. The molecule has 5 atom stereocenters. The fourth-order valence-corrected chi connectivity index (χ4v) is 3.35. The van der Waals surface area contributed by atoms with Crippen LogP contribution in [0.4, 0.5) is 0 Å². The van der Waals surface area contributed by atoms with Crippen LogP contribution in [0.3, 0.4) is 0 Å². The highest BCUT2D eigenvalue weighted by molar-refractivity contribution is 5.88. The lowest BCUT2D eigenvalue weighted by Gasteiger charge is -2.48. The molecule has 2 saturated heterocycles. The molecule has 0 spiro atoms. The maximum absolute atomic E-state index is 10.5. The molecule has 0 saturated carbocycles. The van der Waals surface area contributed by atoms with Crippen molar-refractivity contribution < 1.29 is 29.2 Å². The first-order valence-electron chi connectivity index (χ1n) is 8.42. The van der Waals surface area contributed by atoms with E-state index in [9.17, 15) is 10.2 Å². The molecule has 0 amide bonds. The van der Waals surface area contributed by atoms with Gasteiger partial charge in [-0.2, -0.15) is 0 Å². The standard InChI is InChI=1S/C19H22O6/c1-19(2)22-10-14-17(25-19)15(20)16(21)18(24-14)23-13-9-5-7-11-6-3-4-8-12(11)13/h3-9,14-18,20-21H,10H2,1-2H3/t14-,15-,16+,17+,18-/m0/s1. The van der Waals surface area contributed by atoms with Gasteiger partial charge in [0.2, 0.25) is 6.29 Å². The van der Waals surface area contributed by atoms with Gasteiger partial charge in [0.1, 0.15) is 30.2 Å². The van der Waals surface area contributed by atoms with E-state index in [1.165, 1.54) is 0 Å². The predicted molar refractivity (Wildman–Crippen MR) is 90.2 cm³/mol. The number of ether oxygens (including phenoxy) is 4. The molecule has 25 heavy (non-hydrogen) atoms. The van der Waals surface area contributed by atoms with Gasteiger partial charge < -0.3 is 29.2 Å². The molecular weight excluding hydrogens is 324 g/mol. The molecule has 0 aromatic heterocycles. The molecule has 2 fully saturated rings. The van der Waals surface area contributed by atoms with Gasteiger partial charge in [0.25, 0.3) is 0 Å². The van der Waals surface area contributed by atoms with E-state index in [-0.39, 0.29) is 6.61 Å². The van der Waals surface area contributed by atoms with Gasteiger partial charge in [-0.15, -0.1) is 0 Å². The molecule has 6 nitrogen and oxygen atoms in total. The molecule has 2 aliphatic rings. The van der Waals surface area contributed by atoms with E-state index in [1.807, 2.05) is 42.5 Å². The van der Waals surface area contributed by atoms with Gasteiger partial charge >= 0.3 is 0 Å². The number of aliphatic hydroxyl groups is 2. The molecule has 2 N–H and O–H groups in total. The maximum atomic E-state index is 10.5. The van der Waals surface area contributed by atoms with Crippen LogP contribution in [0.2, 0.25) is 0 Å². The van der Waals surface area contributed by atoms with Crippen LogP contribution in [0.25, 0.3) is 10.8 Å². The number of hydrogen-bond donors (Lipinski definition) is 2. The Morgan fingerprint density at radius 3 is 2.64 bits per heavy atom. The number of fused-ring (bicyclic) bond motifs is 2. The van der Waals surface area contributed by atoms with Crippen LogP contribution in [-0.2, 0) is 14.2 Å². The highest BCUT2D eigenvalue weighted by Crippen LogP contribution is 2.34. The van der Waals surface area contributed by atoms with Crippen LogP contribution >= 0.6 is 0 Å². The fraction of sp³-hybridized carbons (Fsp3) is 0.474. The van der Waals surface area contributed by atoms with Gasteiger partial charge in [0.05, 0.1) is 6.61 Å². The molecule has 2 aliphatic heterocycles. The van der Waals surface area contributed by atoms with Crippen molar-refractivity contribution in [3.05, 3.63) is 42.5 Å². The molecule has 4 rings (SSSR count).